The molecule has 0 spiro atoms. The number of rotatable bonds is 6. The lowest BCUT2D eigenvalue weighted by Crippen LogP contribution is -2.53. The van der Waals surface area contributed by atoms with Crippen molar-refractivity contribution in [2.24, 2.45) is 10.9 Å². The third-order valence-electron chi connectivity index (χ3n) is 6.74. The van der Waals surface area contributed by atoms with Gasteiger partial charge in [-0.25, -0.2) is 0 Å². The highest BCUT2D eigenvalue weighted by molar-refractivity contribution is 14.0. The Morgan fingerprint density at radius 3 is 2.45 bits per heavy atom. The number of hydrogen-bond donors (Lipinski definition) is 2. The number of amides is 1. The number of anilines is 1. The van der Waals surface area contributed by atoms with Crippen molar-refractivity contribution in [3.05, 3.63) is 17.5 Å². The fourth-order valence-electron chi connectivity index (χ4n) is 4.52. The third kappa shape index (κ3) is 6.71. The van der Waals surface area contributed by atoms with Gasteiger partial charge in [-0.2, -0.15) is 0 Å². The molecule has 2 N–H and O–H groups in total. The monoisotopic (exact) mass is 560 g/mol. The van der Waals surface area contributed by atoms with E-state index in [-0.39, 0.29) is 24.0 Å². The zero-order valence-corrected chi connectivity index (χ0v) is 21.7. The maximum absolute atomic E-state index is 12.4. The Morgan fingerprint density at radius 1 is 1.13 bits per heavy atom. The summed E-state index contributed by atoms with van der Waals surface area (Å²) < 4.78 is 0. The van der Waals surface area contributed by atoms with E-state index in [4.69, 9.17) is 0 Å². The van der Waals surface area contributed by atoms with Crippen LogP contribution >= 0.6 is 35.3 Å². The molecular formula is C22H37IN6OS. The van der Waals surface area contributed by atoms with Gasteiger partial charge in [0.05, 0.1) is 5.00 Å². The molecule has 2 aliphatic heterocycles. The van der Waals surface area contributed by atoms with Gasteiger partial charge in [-0.15, -0.1) is 35.3 Å². The summed E-state index contributed by atoms with van der Waals surface area (Å²) in [6.07, 6.45) is 5.70. The fraction of sp³-hybridized carbons (Fsp3) is 0.727. The van der Waals surface area contributed by atoms with E-state index in [1.807, 2.05) is 18.4 Å². The fourth-order valence-corrected chi connectivity index (χ4v) is 5.31. The Morgan fingerprint density at radius 2 is 1.87 bits per heavy atom. The molecule has 9 heteroatoms. The van der Waals surface area contributed by atoms with Crippen LogP contribution in [0.25, 0.3) is 0 Å². The summed E-state index contributed by atoms with van der Waals surface area (Å²) in [7, 11) is 1.85. The summed E-state index contributed by atoms with van der Waals surface area (Å²) >= 11 is 1.82. The first-order chi connectivity index (χ1) is 14.7. The van der Waals surface area contributed by atoms with Crippen LogP contribution in [0, 0.1) is 5.92 Å². The van der Waals surface area contributed by atoms with Crippen LogP contribution in [0.5, 0.6) is 0 Å². The van der Waals surface area contributed by atoms with Crippen molar-refractivity contribution in [3.63, 3.8) is 0 Å². The maximum atomic E-state index is 12.4. The van der Waals surface area contributed by atoms with Crippen LogP contribution in [-0.4, -0.2) is 87.1 Å². The summed E-state index contributed by atoms with van der Waals surface area (Å²) in [5.74, 6) is 1.63. The van der Waals surface area contributed by atoms with E-state index in [2.05, 4.69) is 47.8 Å². The van der Waals surface area contributed by atoms with Gasteiger partial charge in [0, 0.05) is 71.4 Å². The van der Waals surface area contributed by atoms with Crippen molar-refractivity contribution < 1.29 is 4.79 Å². The number of halogens is 1. The SMILES string of the molecule is CN=C(NCCN1CCN(C(=O)C2CCC2)CC1)NC1CCN(c2cccs2)CC1.I. The predicted molar refractivity (Wildman–Crippen MR) is 140 cm³/mol. The highest BCUT2D eigenvalue weighted by Gasteiger charge is 2.31. The molecule has 1 amide bonds. The number of piperidine rings is 1. The first-order valence-corrected chi connectivity index (χ1v) is 12.4. The van der Waals surface area contributed by atoms with Crippen molar-refractivity contribution in [2.45, 2.75) is 38.1 Å². The molecular weight excluding hydrogens is 523 g/mol. The van der Waals surface area contributed by atoms with E-state index in [1.54, 1.807) is 0 Å². The molecule has 0 bridgehead atoms. The minimum absolute atomic E-state index is 0. The summed E-state index contributed by atoms with van der Waals surface area (Å²) in [5.41, 5.74) is 0. The van der Waals surface area contributed by atoms with Gasteiger partial charge in [-0.3, -0.25) is 14.7 Å². The number of guanidine groups is 1. The van der Waals surface area contributed by atoms with E-state index in [1.165, 1.54) is 11.4 Å². The summed E-state index contributed by atoms with van der Waals surface area (Å²) in [5, 5.41) is 10.6. The molecule has 4 rings (SSSR count). The molecule has 7 nitrogen and oxygen atoms in total. The molecule has 2 saturated heterocycles. The molecule has 174 valence electrons. The average Bonchev–Trinajstić information content (AvgIpc) is 3.27. The van der Waals surface area contributed by atoms with E-state index in [0.29, 0.717) is 17.9 Å². The quantitative estimate of drug-likeness (QED) is 0.318. The first kappa shape index (κ1) is 24.6. The molecule has 1 aliphatic carbocycles. The molecule has 0 unspecified atom stereocenters. The number of carbonyl (C=O) groups excluding carboxylic acids is 1. The standard InChI is InChI=1S/C22H36N6OS.HI/c1-23-22(25-19-7-10-27(11-8-19)20-6-3-17-30-20)24-9-12-26-13-15-28(16-14-26)21(29)18-4-2-5-18;/h3,6,17-19H,2,4-5,7-16H2,1H3,(H2,23,24,25);1H. The van der Waals surface area contributed by atoms with Crippen LogP contribution in [0.15, 0.2) is 22.5 Å². The average molecular weight is 561 g/mol. The number of piperazine rings is 1. The van der Waals surface area contributed by atoms with Gasteiger partial charge in [-0.05, 0) is 43.2 Å². The lowest BCUT2D eigenvalue weighted by Gasteiger charge is -2.38. The molecule has 0 atom stereocenters. The first-order valence-electron chi connectivity index (χ1n) is 11.5. The Kier molecular flexibility index (Phi) is 9.71. The maximum Gasteiger partial charge on any atom is 0.225 e. The van der Waals surface area contributed by atoms with E-state index < -0.39 is 0 Å². The van der Waals surface area contributed by atoms with Crippen molar-refractivity contribution in [1.29, 1.82) is 0 Å². The van der Waals surface area contributed by atoms with Crippen molar-refractivity contribution in [3.8, 4) is 0 Å². The smallest absolute Gasteiger partial charge is 0.225 e. The second-order valence-electron chi connectivity index (χ2n) is 8.65. The number of nitrogens with zero attached hydrogens (tertiary/aromatic N) is 4. The van der Waals surface area contributed by atoms with Gasteiger partial charge in [0.25, 0.3) is 0 Å². The van der Waals surface area contributed by atoms with Gasteiger partial charge >= 0.3 is 0 Å². The van der Waals surface area contributed by atoms with Crippen molar-refractivity contribution in [2.75, 3.05) is 64.3 Å². The molecule has 0 radical (unpaired) electrons. The minimum Gasteiger partial charge on any atom is -0.363 e. The molecule has 3 fully saturated rings. The third-order valence-corrected chi connectivity index (χ3v) is 7.67. The van der Waals surface area contributed by atoms with Gasteiger partial charge < -0.3 is 20.4 Å². The minimum atomic E-state index is 0. The van der Waals surface area contributed by atoms with Crippen LogP contribution < -0.4 is 15.5 Å². The van der Waals surface area contributed by atoms with Gasteiger partial charge in [-0.1, -0.05) is 6.42 Å². The molecule has 0 aromatic carbocycles. The Bertz CT molecular complexity index is 695. The second kappa shape index (κ2) is 12.2. The molecule has 31 heavy (non-hydrogen) atoms. The normalized spacial score (nSPS) is 21.4. The van der Waals surface area contributed by atoms with Crippen LogP contribution in [0.3, 0.4) is 0 Å². The van der Waals surface area contributed by atoms with E-state index in [0.717, 1.165) is 84.0 Å². The van der Waals surface area contributed by atoms with Crippen LogP contribution in [-0.2, 0) is 4.79 Å². The molecule has 1 aromatic rings. The number of aliphatic imine (C=N–C) groups is 1. The van der Waals surface area contributed by atoms with Gasteiger partial charge in [0.1, 0.15) is 0 Å². The largest absolute Gasteiger partial charge is 0.363 e. The summed E-state index contributed by atoms with van der Waals surface area (Å²) in [6.45, 7) is 7.78. The lowest BCUT2D eigenvalue weighted by atomic mass is 9.84. The molecule has 3 heterocycles. The van der Waals surface area contributed by atoms with Gasteiger partial charge in [0.2, 0.25) is 5.91 Å². The highest BCUT2D eigenvalue weighted by Crippen LogP contribution is 2.28. The zero-order valence-electron chi connectivity index (χ0n) is 18.6. The van der Waals surface area contributed by atoms with Gasteiger partial charge in [0.15, 0.2) is 5.96 Å². The highest BCUT2D eigenvalue weighted by atomic mass is 127. The lowest BCUT2D eigenvalue weighted by molar-refractivity contribution is -0.139. The number of thiophene rings is 1. The van der Waals surface area contributed by atoms with Crippen LogP contribution in [0.4, 0.5) is 5.00 Å². The second-order valence-corrected chi connectivity index (χ2v) is 9.58. The Labute approximate surface area is 207 Å². The van der Waals surface area contributed by atoms with E-state index in [9.17, 15) is 4.79 Å². The van der Waals surface area contributed by atoms with Crippen molar-refractivity contribution in [1.82, 2.24) is 20.4 Å². The Balaban J connectivity index is 0.00000272. The summed E-state index contributed by atoms with van der Waals surface area (Å²) in [4.78, 5) is 23.8. The molecule has 3 aliphatic rings. The topological polar surface area (TPSA) is 63.2 Å². The number of hydrogen-bond acceptors (Lipinski definition) is 5. The predicted octanol–water partition coefficient (Wildman–Crippen LogP) is 2.44. The van der Waals surface area contributed by atoms with Crippen molar-refractivity contribution >= 4 is 52.2 Å². The van der Waals surface area contributed by atoms with E-state index >= 15 is 0 Å². The van der Waals surface area contributed by atoms with Crippen LogP contribution in [0.2, 0.25) is 0 Å². The Hall–Kier alpha value is -1.07. The summed E-state index contributed by atoms with van der Waals surface area (Å²) in [6, 6.07) is 4.82. The molecule has 1 saturated carbocycles. The molecule has 1 aromatic heterocycles. The number of nitrogens with one attached hydrogen (secondary N) is 2. The number of carbonyl (C=O) groups is 1. The van der Waals surface area contributed by atoms with Crippen LogP contribution in [0.1, 0.15) is 32.1 Å². The zero-order chi connectivity index (χ0) is 20.8.